The summed E-state index contributed by atoms with van der Waals surface area (Å²) in [4.78, 5) is 11.6. The average Bonchev–Trinajstić information content (AvgIpc) is 3.34. The van der Waals surface area contributed by atoms with Gasteiger partial charge in [-0.15, -0.1) is 0 Å². The molecule has 162 valence electrons. The van der Waals surface area contributed by atoms with Gasteiger partial charge >= 0.3 is 0 Å². The van der Waals surface area contributed by atoms with Crippen molar-refractivity contribution in [1.29, 1.82) is 0 Å². The number of carbonyl (C=O) groups is 1. The maximum absolute atomic E-state index is 11.6. The Bertz CT molecular complexity index is 1070. The molecule has 3 aromatic rings. The van der Waals surface area contributed by atoms with Gasteiger partial charge in [-0.25, -0.2) is 0 Å². The number of amides is 1. The zero-order valence-corrected chi connectivity index (χ0v) is 18.0. The molecule has 1 fully saturated rings. The fourth-order valence-corrected chi connectivity index (χ4v) is 3.80. The van der Waals surface area contributed by atoms with Crippen LogP contribution in [0.5, 0.6) is 5.75 Å². The van der Waals surface area contributed by atoms with Gasteiger partial charge in [-0.05, 0) is 52.3 Å². The van der Waals surface area contributed by atoms with Gasteiger partial charge in [-0.2, -0.15) is 10.2 Å². The van der Waals surface area contributed by atoms with Crippen LogP contribution in [0.3, 0.4) is 0 Å². The van der Waals surface area contributed by atoms with Crippen LogP contribution < -0.4 is 10.1 Å². The number of aryl methyl sites for hydroxylation is 2. The number of carbonyl (C=O) groups excluding carboxylic acids is 1. The molecule has 0 unspecified atom stereocenters. The van der Waals surface area contributed by atoms with Crippen LogP contribution in [0.2, 0.25) is 0 Å². The highest BCUT2D eigenvalue weighted by Crippen LogP contribution is 2.36. The van der Waals surface area contributed by atoms with Gasteiger partial charge in [0.2, 0.25) is 5.91 Å². The molecule has 7 heteroatoms. The molecule has 1 aliphatic heterocycles. The third-order valence-electron chi connectivity index (χ3n) is 5.78. The third kappa shape index (κ3) is 3.93. The molecule has 3 heterocycles. The van der Waals surface area contributed by atoms with Crippen LogP contribution >= 0.6 is 0 Å². The molecule has 0 radical (unpaired) electrons. The first-order chi connectivity index (χ1) is 13.6. The minimum atomic E-state index is -0.0835. The molecule has 30 heavy (non-hydrogen) atoms. The highest BCUT2D eigenvalue weighted by atomic mass is 16.5. The van der Waals surface area contributed by atoms with E-state index in [9.17, 15) is 4.79 Å². The zero-order chi connectivity index (χ0) is 20.9. The van der Waals surface area contributed by atoms with E-state index < -0.39 is 0 Å². The van der Waals surface area contributed by atoms with Crippen LogP contribution in [0.15, 0.2) is 24.5 Å². The van der Waals surface area contributed by atoms with Crippen molar-refractivity contribution in [1.82, 2.24) is 24.9 Å². The quantitative estimate of drug-likeness (QED) is 0.703. The van der Waals surface area contributed by atoms with E-state index in [1.165, 1.54) is 0 Å². The second-order valence-corrected chi connectivity index (χ2v) is 9.01. The largest absolute Gasteiger partial charge is 0.490 e. The van der Waals surface area contributed by atoms with E-state index in [2.05, 4.69) is 54.6 Å². The van der Waals surface area contributed by atoms with Crippen LogP contribution in [0.25, 0.3) is 22.0 Å². The van der Waals surface area contributed by atoms with Crippen molar-refractivity contribution in [3.05, 3.63) is 30.2 Å². The van der Waals surface area contributed by atoms with Crippen LogP contribution in [0, 0.1) is 12.8 Å². The van der Waals surface area contributed by atoms with E-state index in [1.807, 2.05) is 36.5 Å². The molecular weight excluding hydrogens is 378 g/mol. The van der Waals surface area contributed by atoms with Crippen molar-refractivity contribution in [2.45, 2.75) is 60.1 Å². The monoisotopic (exact) mass is 411 g/mol. The molecular formula is C23H33N5O2. The molecule has 2 aromatic heterocycles. The Hall–Kier alpha value is -2.83. The second kappa shape index (κ2) is 7.78. The van der Waals surface area contributed by atoms with E-state index in [0.29, 0.717) is 13.0 Å². The van der Waals surface area contributed by atoms with Crippen LogP contribution in [-0.4, -0.2) is 38.1 Å². The second-order valence-electron chi connectivity index (χ2n) is 9.01. The lowest BCUT2D eigenvalue weighted by molar-refractivity contribution is -0.119. The topological polar surface area (TPSA) is 74.0 Å². The van der Waals surface area contributed by atoms with Crippen molar-refractivity contribution < 1.29 is 9.53 Å². The summed E-state index contributed by atoms with van der Waals surface area (Å²) < 4.78 is 10.3. The maximum atomic E-state index is 11.6. The number of fused-ring (bicyclic) bond motifs is 1. The summed E-state index contributed by atoms with van der Waals surface area (Å²) in [7, 11) is 1.94. The Labute approximate surface area is 178 Å². The highest BCUT2D eigenvalue weighted by Gasteiger charge is 2.29. The molecule has 1 aromatic carbocycles. The number of ether oxygens (including phenoxy) is 1. The van der Waals surface area contributed by atoms with Gasteiger partial charge < -0.3 is 10.1 Å². The molecule has 4 rings (SSSR count). The van der Waals surface area contributed by atoms with Gasteiger partial charge in [0, 0.05) is 43.4 Å². The number of rotatable bonds is 4. The first-order valence-electron chi connectivity index (χ1n) is 10.1. The van der Waals surface area contributed by atoms with Crippen molar-refractivity contribution in [2.75, 3.05) is 6.54 Å². The van der Waals surface area contributed by atoms with Crippen LogP contribution in [0.1, 0.15) is 47.2 Å². The summed E-state index contributed by atoms with van der Waals surface area (Å²) >= 11 is 0. The Kier molecular flexibility index (Phi) is 5.67. The van der Waals surface area contributed by atoms with Gasteiger partial charge in [-0.3, -0.25) is 14.2 Å². The van der Waals surface area contributed by atoms with Crippen LogP contribution in [-0.2, 0) is 17.4 Å². The molecule has 1 aliphatic rings. The summed E-state index contributed by atoms with van der Waals surface area (Å²) in [5.74, 6) is 1.07. The fraction of sp³-hybridized carbons (Fsp3) is 0.522. The van der Waals surface area contributed by atoms with E-state index in [1.54, 1.807) is 0 Å². The Morgan fingerprint density at radius 2 is 2.00 bits per heavy atom. The normalized spacial score (nSPS) is 17.7. The van der Waals surface area contributed by atoms with E-state index in [0.717, 1.165) is 33.5 Å². The minimum absolute atomic E-state index is 0. The van der Waals surface area contributed by atoms with Gasteiger partial charge in [0.1, 0.15) is 11.9 Å². The lowest BCUT2D eigenvalue weighted by Crippen LogP contribution is -2.25. The van der Waals surface area contributed by atoms with Gasteiger partial charge in [-0.1, -0.05) is 7.43 Å². The summed E-state index contributed by atoms with van der Waals surface area (Å²) in [6, 6.07) is 4.16. The Morgan fingerprint density at radius 3 is 2.60 bits per heavy atom. The summed E-state index contributed by atoms with van der Waals surface area (Å²) in [5.41, 5.74) is 3.92. The third-order valence-corrected chi connectivity index (χ3v) is 5.78. The predicted octanol–water partition coefficient (Wildman–Crippen LogP) is 4.04. The standard InChI is InChI=1S/C22H29N5O2.CH4/c1-13-21-18(25-26(13)6)7-15(17-11-24-27(12-17)22(3,4)5)8-19(21)29-14(2)16-9-20(28)23-10-16;/h7-8,11-12,14,16H,9-10H2,1-6H3,(H,23,28);1H4/t14-,16-;/m1./s1. The SMILES string of the molecule is C.Cc1c2c(O[C@H](C)[C@H]3CNC(=O)C3)cc(-c3cnn(C(C)(C)C)c3)cc2nn1C. The van der Waals surface area contributed by atoms with Crippen molar-refractivity contribution in [3.8, 4) is 16.9 Å². The van der Waals surface area contributed by atoms with Crippen molar-refractivity contribution in [3.63, 3.8) is 0 Å². The minimum Gasteiger partial charge on any atom is -0.490 e. The van der Waals surface area contributed by atoms with E-state index in [4.69, 9.17) is 4.74 Å². The van der Waals surface area contributed by atoms with Crippen molar-refractivity contribution in [2.24, 2.45) is 13.0 Å². The average molecular weight is 412 g/mol. The number of benzene rings is 1. The first-order valence-corrected chi connectivity index (χ1v) is 10.1. The zero-order valence-electron chi connectivity index (χ0n) is 18.0. The highest BCUT2D eigenvalue weighted by molar-refractivity contribution is 5.92. The number of hydrogen-bond acceptors (Lipinski definition) is 4. The molecule has 1 N–H and O–H groups in total. The molecule has 1 amide bonds. The van der Waals surface area contributed by atoms with Crippen molar-refractivity contribution >= 4 is 16.8 Å². The lowest BCUT2D eigenvalue weighted by Gasteiger charge is -2.21. The number of nitrogens with one attached hydrogen (secondary N) is 1. The number of nitrogens with zero attached hydrogens (tertiary/aromatic N) is 4. The smallest absolute Gasteiger partial charge is 0.220 e. The molecule has 0 bridgehead atoms. The van der Waals surface area contributed by atoms with E-state index in [-0.39, 0.29) is 30.9 Å². The molecule has 1 saturated heterocycles. The fourth-order valence-electron chi connectivity index (χ4n) is 3.80. The van der Waals surface area contributed by atoms with Gasteiger partial charge in [0.05, 0.1) is 22.6 Å². The van der Waals surface area contributed by atoms with Gasteiger partial charge in [0.25, 0.3) is 0 Å². The molecule has 0 saturated carbocycles. The van der Waals surface area contributed by atoms with E-state index >= 15 is 0 Å². The Morgan fingerprint density at radius 1 is 1.27 bits per heavy atom. The lowest BCUT2D eigenvalue weighted by atomic mass is 10.0. The summed E-state index contributed by atoms with van der Waals surface area (Å²) in [6.07, 6.45) is 4.37. The molecule has 0 spiro atoms. The predicted molar refractivity (Wildman–Crippen MR) is 120 cm³/mol. The molecule has 2 atom stereocenters. The molecule has 7 nitrogen and oxygen atoms in total. The summed E-state index contributed by atoms with van der Waals surface area (Å²) in [5, 5.41) is 13.1. The number of hydrogen-bond donors (Lipinski definition) is 1. The Balaban J connectivity index is 0.00000256. The van der Waals surface area contributed by atoms with Gasteiger partial charge in [0.15, 0.2) is 0 Å². The maximum Gasteiger partial charge on any atom is 0.220 e. The van der Waals surface area contributed by atoms with Crippen LogP contribution in [0.4, 0.5) is 0 Å². The summed E-state index contributed by atoms with van der Waals surface area (Å²) in [6.45, 7) is 11.1. The first kappa shape index (κ1) is 21.9. The number of aromatic nitrogens is 4. The molecule has 0 aliphatic carbocycles.